The molecular weight excluding hydrogens is 552 g/mol. The van der Waals surface area contributed by atoms with Crippen molar-refractivity contribution >= 4 is 55.4 Å². The molecular formula is C36H30N4O4. The van der Waals surface area contributed by atoms with E-state index in [4.69, 9.17) is 9.47 Å². The van der Waals surface area contributed by atoms with Crippen molar-refractivity contribution in [3.63, 3.8) is 0 Å². The summed E-state index contributed by atoms with van der Waals surface area (Å²) in [5, 5.41) is 7.11. The van der Waals surface area contributed by atoms with E-state index in [0.717, 1.165) is 54.7 Å². The Bertz CT molecular complexity index is 2230. The van der Waals surface area contributed by atoms with E-state index in [9.17, 15) is 9.59 Å². The number of para-hydroxylation sites is 2. The SMILES string of the molecule is C=CC12O[C@H](C[C@@H](N(C)C(=O)c3ccccc3)[C@H]1OC)n1c3ccccc3c3c4c(c5c6ccccc6n2c5c31)CNC4=O. The van der Waals surface area contributed by atoms with Gasteiger partial charge in [-0.05, 0) is 35.9 Å². The summed E-state index contributed by atoms with van der Waals surface area (Å²) >= 11 is 0. The lowest BCUT2D eigenvalue weighted by atomic mass is 9.90. The molecule has 1 unspecified atom stereocenters. The van der Waals surface area contributed by atoms with Gasteiger partial charge in [0.05, 0.1) is 33.7 Å². The molecule has 0 aliphatic carbocycles. The second kappa shape index (κ2) is 8.81. The maximum atomic E-state index is 13.9. The first-order chi connectivity index (χ1) is 21.5. The van der Waals surface area contributed by atoms with Crippen molar-refractivity contribution < 1.29 is 19.1 Å². The van der Waals surface area contributed by atoms with Gasteiger partial charge in [0.1, 0.15) is 12.3 Å². The molecule has 9 rings (SSSR count). The average Bonchev–Trinajstić information content (AvgIpc) is 3.71. The Morgan fingerprint density at radius 3 is 2.41 bits per heavy atom. The minimum Gasteiger partial charge on any atom is -0.374 e. The molecule has 1 saturated heterocycles. The van der Waals surface area contributed by atoms with Crippen LogP contribution in [0.5, 0.6) is 0 Å². The molecule has 1 N–H and O–H groups in total. The molecule has 0 radical (unpaired) electrons. The van der Waals surface area contributed by atoms with Gasteiger partial charge in [-0.25, -0.2) is 0 Å². The Balaban J connectivity index is 1.45. The van der Waals surface area contributed by atoms with Gasteiger partial charge in [-0.1, -0.05) is 61.2 Å². The Morgan fingerprint density at radius 1 is 1.00 bits per heavy atom. The molecule has 0 saturated carbocycles. The van der Waals surface area contributed by atoms with E-state index in [0.29, 0.717) is 18.5 Å². The molecule has 2 aromatic heterocycles. The van der Waals surface area contributed by atoms with Gasteiger partial charge >= 0.3 is 0 Å². The third-order valence-corrected chi connectivity index (χ3v) is 10.1. The molecule has 0 spiro atoms. The number of ether oxygens (including phenoxy) is 2. The van der Waals surface area contributed by atoms with E-state index in [-0.39, 0.29) is 17.9 Å². The fourth-order valence-electron chi connectivity index (χ4n) is 8.30. The van der Waals surface area contributed by atoms with E-state index in [1.807, 2.05) is 67.7 Å². The predicted molar refractivity (Wildman–Crippen MR) is 170 cm³/mol. The number of hydrogen-bond donors (Lipinski definition) is 1. The average molecular weight is 583 g/mol. The molecule has 218 valence electrons. The number of aromatic nitrogens is 2. The number of nitrogens with one attached hydrogen (secondary N) is 1. The van der Waals surface area contributed by atoms with E-state index < -0.39 is 18.1 Å². The summed E-state index contributed by atoms with van der Waals surface area (Å²) in [6.45, 7) is 4.81. The molecule has 6 aromatic rings. The highest BCUT2D eigenvalue weighted by molar-refractivity contribution is 6.31. The van der Waals surface area contributed by atoms with Crippen LogP contribution in [0.25, 0.3) is 43.6 Å². The van der Waals surface area contributed by atoms with E-state index >= 15 is 0 Å². The van der Waals surface area contributed by atoms with Gasteiger partial charge in [-0.15, -0.1) is 0 Å². The number of carbonyl (C=O) groups is 2. The molecule has 8 heteroatoms. The second-order valence-corrected chi connectivity index (χ2v) is 12.0. The Kier molecular flexibility index (Phi) is 5.12. The van der Waals surface area contributed by atoms with Crippen molar-refractivity contribution in [2.24, 2.45) is 0 Å². The topological polar surface area (TPSA) is 77.7 Å². The van der Waals surface area contributed by atoms with Crippen LogP contribution in [0.2, 0.25) is 0 Å². The van der Waals surface area contributed by atoms with Crippen molar-refractivity contribution in [1.82, 2.24) is 19.4 Å². The quantitative estimate of drug-likeness (QED) is 0.256. The van der Waals surface area contributed by atoms with Gasteiger partial charge in [-0.2, -0.15) is 0 Å². The number of methoxy groups -OCH3 is 1. The number of amides is 2. The third-order valence-electron chi connectivity index (χ3n) is 10.1. The zero-order chi connectivity index (χ0) is 29.9. The molecule has 5 heterocycles. The van der Waals surface area contributed by atoms with Crippen LogP contribution in [-0.2, 0) is 21.7 Å². The van der Waals surface area contributed by atoms with E-state index in [1.54, 1.807) is 12.0 Å². The van der Waals surface area contributed by atoms with Gasteiger partial charge in [-0.3, -0.25) is 9.59 Å². The van der Waals surface area contributed by atoms with Crippen molar-refractivity contribution in [2.75, 3.05) is 14.2 Å². The van der Waals surface area contributed by atoms with E-state index in [2.05, 4.69) is 45.3 Å². The Labute approximate surface area is 253 Å². The van der Waals surface area contributed by atoms with Crippen LogP contribution in [0.15, 0.2) is 91.5 Å². The van der Waals surface area contributed by atoms with Gasteiger partial charge in [0.15, 0.2) is 5.72 Å². The summed E-state index contributed by atoms with van der Waals surface area (Å²) in [6.07, 6.45) is 1.24. The zero-order valence-corrected chi connectivity index (χ0v) is 24.4. The molecule has 3 aliphatic heterocycles. The molecule has 3 aliphatic rings. The molecule has 2 bridgehead atoms. The molecule has 8 nitrogen and oxygen atoms in total. The molecule has 4 atom stereocenters. The Hall–Kier alpha value is -4.92. The lowest BCUT2D eigenvalue weighted by Gasteiger charge is -2.50. The minimum atomic E-state index is -1.17. The van der Waals surface area contributed by atoms with Crippen molar-refractivity contribution in [3.8, 4) is 0 Å². The van der Waals surface area contributed by atoms with E-state index in [1.165, 1.54) is 0 Å². The number of carbonyl (C=O) groups excluding carboxylic acids is 2. The smallest absolute Gasteiger partial charge is 0.253 e. The predicted octanol–water partition coefficient (Wildman–Crippen LogP) is 6.07. The number of likely N-dealkylation sites (N-methyl/N-ethyl adjacent to an activating group) is 1. The first kappa shape index (κ1) is 25.6. The van der Waals surface area contributed by atoms with Gasteiger partial charge < -0.3 is 28.8 Å². The number of benzene rings is 4. The molecule has 1 fully saturated rings. The largest absolute Gasteiger partial charge is 0.374 e. The van der Waals surface area contributed by atoms with Crippen molar-refractivity contribution in [2.45, 2.75) is 37.1 Å². The highest BCUT2D eigenvalue weighted by Gasteiger charge is 2.56. The third kappa shape index (κ3) is 2.94. The van der Waals surface area contributed by atoms with Crippen LogP contribution in [0.4, 0.5) is 0 Å². The lowest BCUT2D eigenvalue weighted by molar-refractivity contribution is -0.248. The first-order valence-corrected chi connectivity index (χ1v) is 15.0. The summed E-state index contributed by atoms with van der Waals surface area (Å²) in [6, 6.07) is 25.4. The number of rotatable bonds is 4. The number of nitrogens with zero attached hydrogens (tertiary/aromatic N) is 3. The van der Waals surface area contributed by atoms with Crippen LogP contribution in [-0.4, -0.2) is 52.2 Å². The maximum absolute atomic E-state index is 13.9. The normalized spacial score (nSPS) is 23.8. The van der Waals surface area contributed by atoms with Crippen LogP contribution in [0, 0.1) is 0 Å². The second-order valence-electron chi connectivity index (χ2n) is 12.0. The summed E-state index contributed by atoms with van der Waals surface area (Å²) in [5.41, 5.74) is 5.02. The monoisotopic (exact) mass is 582 g/mol. The van der Waals surface area contributed by atoms with Crippen LogP contribution < -0.4 is 5.32 Å². The zero-order valence-electron chi connectivity index (χ0n) is 24.4. The Morgan fingerprint density at radius 2 is 1.68 bits per heavy atom. The van der Waals surface area contributed by atoms with Crippen LogP contribution in [0.3, 0.4) is 0 Å². The van der Waals surface area contributed by atoms with Crippen LogP contribution in [0.1, 0.15) is 38.9 Å². The van der Waals surface area contributed by atoms with Gasteiger partial charge in [0.2, 0.25) is 0 Å². The highest BCUT2D eigenvalue weighted by atomic mass is 16.6. The summed E-state index contributed by atoms with van der Waals surface area (Å²) in [7, 11) is 3.52. The fourth-order valence-corrected chi connectivity index (χ4v) is 8.30. The summed E-state index contributed by atoms with van der Waals surface area (Å²) < 4.78 is 18.1. The summed E-state index contributed by atoms with van der Waals surface area (Å²) in [5.74, 6) is -0.150. The van der Waals surface area contributed by atoms with Crippen LogP contribution >= 0.6 is 0 Å². The van der Waals surface area contributed by atoms with Crippen molar-refractivity contribution in [3.05, 3.63) is 108 Å². The first-order valence-electron chi connectivity index (χ1n) is 15.0. The number of hydrogen-bond acceptors (Lipinski definition) is 4. The maximum Gasteiger partial charge on any atom is 0.253 e. The molecule has 44 heavy (non-hydrogen) atoms. The minimum absolute atomic E-state index is 0.0611. The standard InChI is InChI=1S/C36H30N4O4/c1-4-36-33(43-3)26(38(2)35(42)20-12-6-5-7-13-20)18-27(44-36)39-24-16-10-8-14-21(24)29-30-23(19-37-34(30)41)28-22-15-9-11-17-25(22)40(36)32(28)31(29)39/h4-17,26-27,33H,1,18-19H2,2-3H3,(H,37,41)/t26-,27-,33-,36?/m1/s1. The van der Waals surface area contributed by atoms with Gasteiger partial charge in [0, 0.05) is 54.2 Å². The molecule has 2 amide bonds. The van der Waals surface area contributed by atoms with Crippen molar-refractivity contribution in [1.29, 1.82) is 0 Å². The fraction of sp³-hybridized carbons (Fsp3) is 0.222. The highest BCUT2D eigenvalue weighted by Crippen LogP contribution is 2.54. The lowest BCUT2D eigenvalue weighted by Crippen LogP contribution is -2.61. The molecule has 4 aromatic carbocycles. The number of fused-ring (bicyclic) bond motifs is 13. The van der Waals surface area contributed by atoms with Gasteiger partial charge in [0.25, 0.3) is 11.8 Å². The summed E-state index contributed by atoms with van der Waals surface area (Å²) in [4.78, 5) is 29.3.